The normalized spacial score (nSPS) is 21.8. The fourth-order valence-corrected chi connectivity index (χ4v) is 2.19. The summed E-state index contributed by atoms with van der Waals surface area (Å²) in [5.74, 6) is 0.737. The first kappa shape index (κ1) is 12.6. The van der Waals surface area contributed by atoms with E-state index < -0.39 is 5.41 Å². The van der Waals surface area contributed by atoms with Crippen molar-refractivity contribution in [1.82, 2.24) is 5.32 Å². The molecule has 4 heteroatoms. The number of ether oxygens (including phenoxy) is 1. The zero-order chi connectivity index (χ0) is 13.3. The maximum absolute atomic E-state index is 9.80. The molecule has 1 aromatic carbocycles. The third-order valence-corrected chi connectivity index (χ3v) is 3.62. The molecule has 4 nitrogen and oxygen atoms in total. The minimum atomic E-state index is -0.468. The van der Waals surface area contributed by atoms with Crippen LogP contribution in [0.2, 0.25) is 0 Å². The van der Waals surface area contributed by atoms with Gasteiger partial charge in [0.15, 0.2) is 5.76 Å². The molecular weight excluding hydrogens is 230 g/mol. The van der Waals surface area contributed by atoms with Crippen molar-refractivity contribution in [3.05, 3.63) is 41.5 Å². The van der Waals surface area contributed by atoms with Gasteiger partial charge in [-0.2, -0.15) is 0 Å². The van der Waals surface area contributed by atoms with E-state index in [4.69, 9.17) is 4.74 Å². The van der Waals surface area contributed by atoms with E-state index in [9.17, 15) is 10.2 Å². The fraction of sp³-hybridized carbons (Fsp3) is 0.429. The fourth-order valence-electron chi connectivity index (χ4n) is 2.19. The van der Waals surface area contributed by atoms with Gasteiger partial charge in [0.05, 0.1) is 7.11 Å². The van der Waals surface area contributed by atoms with E-state index in [1.165, 1.54) is 0 Å². The van der Waals surface area contributed by atoms with Crippen LogP contribution in [0.1, 0.15) is 19.4 Å². The Balaban J connectivity index is 2.11. The standard InChI is InChI=1S/C14H19NO3/c1-14(2)11(15-13(17)12(14)16)8-9-4-6-10(18-3)7-5-9/h4-7,11,15-17H,8H2,1-3H3. The van der Waals surface area contributed by atoms with Gasteiger partial charge in [0.2, 0.25) is 5.88 Å². The van der Waals surface area contributed by atoms with E-state index in [1.807, 2.05) is 38.1 Å². The first-order valence-corrected chi connectivity index (χ1v) is 5.97. The van der Waals surface area contributed by atoms with Crippen molar-refractivity contribution >= 4 is 0 Å². The van der Waals surface area contributed by atoms with Crippen molar-refractivity contribution in [3.63, 3.8) is 0 Å². The number of benzene rings is 1. The molecule has 0 aromatic heterocycles. The molecule has 0 spiro atoms. The van der Waals surface area contributed by atoms with Gasteiger partial charge in [-0.05, 0) is 24.1 Å². The van der Waals surface area contributed by atoms with Gasteiger partial charge in [0.1, 0.15) is 5.75 Å². The highest BCUT2D eigenvalue weighted by Crippen LogP contribution is 2.36. The summed E-state index contributed by atoms with van der Waals surface area (Å²) in [4.78, 5) is 0. The summed E-state index contributed by atoms with van der Waals surface area (Å²) < 4.78 is 5.11. The van der Waals surface area contributed by atoms with Gasteiger partial charge >= 0.3 is 0 Å². The number of aliphatic hydroxyl groups excluding tert-OH is 2. The Morgan fingerprint density at radius 2 is 1.83 bits per heavy atom. The lowest BCUT2D eigenvalue weighted by atomic mass is 9.82. The predicted octanol–water partition coefficient (Wildman–Crippen LogP) is 2.52. The lowest BCUT2D eigenvalue weighted by Gasteiger charge is -2.26. The van der Waals surface area contributed by atoms with Gasteiger partial charge in [-0.15, -0.1) is 0 Å². The number of hydrogen-bond acceptors (Lipinski definition) is 4. The average Bonchev–Trinajstić information content (AvgIpc) is 2.54. The largest absolute Gasteiger partial charge is 0.506 e. The summed E-state index contributed by atoms with van der Waals surface area (Å²) in [6.07, 6.45) is 0.727. The quantitative estimate of drug-likeness (QED) is 0.770. The number of rotatable bonds is 3. The van der Waals surface area contributed by atoms with Crippen LogP contribution in [0.4, 0.5) is 0 Å². The summed E-state index contributed by atoms with van der Waals surface area (Å²) in [5.41, 5.74) is 0.660. The van der Waals surface area contributed by atoms with E-state index in [0.29, 0.717) is 0 Å². The highest BCUT2D eigenvalue weighted by Gasteiger charge is 2.42. The molecule has 0 aliphatic carbocycles. The second-order valence-corrected chi connectivity index (χ2v) is 5.17. The molecule has 2 rings (SSSR count). The monoisotopic (exact) mass is 249 g/mol. The summed E-state index contributed by atoms with van der Waals surface area (Å²) >= 11 is 0. The van der Waals surface area contributed by atoms with Crippen molar-refractivity contribution in [2.75, 3.05) is 7.11 Å². The van der Waals surface area contributed by atoms with Crippen molar-refractivity contribution in [1.29, 1.82) is 0 Å². The van der Waals surface area contributed by atoms with E-state index in [2.05, 4.69) is 5.32 Å². The lowest BCUT2D eigenvalue weighted by molar-refractivity contribution is 0.231. The van der Waals surface area contributed by atoms with Crippen LogP contribution in [-0.4, -0.2) is 23.4 Å². The molecule has 1 aliphatic heterocycles. The van der Waals surface area contributed by atoms with Crippen molar-refractivity contribution < 1.29 is 14.9 Å². The van der Waals surface area contributed by atoms with E-state index in [1.54, 1.807) is 7.11 Å². The Labute approximate surface area is 107 Å². The smallest absolute Gasteiger partial charge is 0.224 e. The molecule has 0 bridgehead atoms. The zero-order valence-corrected chi connectivity index (χ0v) is 10.9. The van der Waals surface area contributed by atoms with Gasteiger partial charge in [0, 0.05) is 11.5 Å². The van der Waals surface area contributed by atoms with Crippen LogP contribution in [0.5, 0.6) is 5.75 Å². The highest BCUT2D eigenvalue weighted by molar-refractivity contribution is 5.29. The zero-order valence-electron chi connectivity index (χ0n) is 10.9. The van der Waals surface area contributed by atoms with Crippen LogP contribution in [0.3, 0.4) is 0 Å². The van der Waals surface area contributed by atoms with E-state index in [-0.39, 0.29) is 17.7 Å². The van der Waals surface area contributed by atoms with Gasteiger partial charge in [-0.25, -0.2) is 0 Å². The molecule has 0 saturated carbocycles. The number of nitrogens with one attached hydrogen (secondary N) is 1. The molecule has 0 amide bonds. The third-order valence-electron chi connectivity index (χ3n) is 3.62. The second kappa shape index (κ2) is 4.44. The van der Waals surface area contributed by atoms with Crippen LogP contribution < -0.4 is 10.1 Å². The van der Waals surface area contributed by atoms with Crippen LogP contribution in [0, 0.1) is 5.41 Å². The third kappa shape index (κ3) is 2.10. The Hall–Kier alpha value is -1.84. The van der Waals surface area contributed by atoms with Crippen molar-refractivity contribution in [2.45, 2.75) is 26.3 Å². The van der Waals surface area contributed by atoms with Gasteiger partial charge < -0.3 is 20.3 Å². The number of methoxy groups -OCH3 is 1. The molecular formula is C14H19NO3. The molecule has 1 aromatic rings. The van der Waals surface area contributed by atoms with Crippen molar-refractivity contribution in [2.24, 2.45) is 5.41 Å². The minimum Gasteiger partial charge on any atom is -0.506 e. The van der Waals surface area contributed by atoms with Crippen LogP contribution in [0.25, 0.3) is 0 Å². The molecule has 1 atom stereocenters. The second-order valence-electron chi connectivity index (χ2n) is 5.17. The molecule has 0 fully saturated rings. The molecule has 1 heterocycles. The van der Waals surface area contributed by atoms with Crippen molar-refractivity contribution in [3.8, 4) is 5.75 Å². The topological polar surface area (TPSA) is 61.7 Å². The first-order valence-electron chi connectivity index (χ1n) is 5.97. The maximum atomic E-state index is 9.80. The summed E-state index contributed by atoms with van der Waals surface area (Å²) in [6, 6.07) is 7.77. The molecule has 18 heavy (non-hydrogen) atoms. The minimum absolute atomic E-state index is 0.0223. The summed E-state index contributed by atoms with van der Waals surface area (Å²) in [7, 11) is 1.64. The molecule has 0 radical (unpaired) electrons. The number of aliphatic hydroxyl groups is 2. The Kier molecular flexibility index (Phi) is 3.11. The van der Waals surface area contributed by atoms with Crippen LogP contribution >= 0.6 is 0 Å². The van der Waals surface area contributed by atoms with Crippen LogP contribution in [-0.2, 0) is 6.42 Å². The first-order chi connectivity index (χ1) is 8.45. The average molecular weight is 249 g/mol. The maximum Gasteiger partial charge on any atom is 0.224 e. The van der Waals surface area contributed by atoms with Crippen LogP contribution in [0.15, 0.2) is 35.9 Å². The SMILES string of the molecule is COc1ccc(CC2NC(O)=C(O)C2(C)C)cc1. The van der Waals surface area contributed by atoms with E-state index in [0.717, 1.165) is 17.7 Å². The summed E-state index contributed by atoms with van der Waals surface area (Å²) in [6.45, 7) is 3.82. The number of hydrogen-bond donors (Lipinski definition) is 3. The highest BCUT2D eigenvalue weighted by atomic mass is 16.5. The Morgan fingerprint density at radius 1 is 1.22 bits per heavy atom. The summed E-state index contributed by atoms with van der Waals surface area (Å²) in [5, 5.41) is 22.3. The molecule has 1 aliphatic rings. The molecule has 0 saturated heterocycles. The molecule has 3 N–H and O–H groups in total. The van der Waals surface area contributed by atoms with Gasteiger partial charge in [0.25, 0.3) is 0 Å². The van der Waals surface area contributed by atoms with Gasteiger partial charge in [-0.1, -0.05) is 26.0 Å². The Bertz CT molecular complexity index is 462. The van der Waals surface area contributed by atoms with Gasteiger partial charge in [-0.3, -0.25) is 0 Å². The lowest BCUT2D eigenvalue weighted by Crippen LogP contribution is -2.37. The van der Waals surface area contributed by atoms with E-state index >= 15 is 0 Å². The predicted molar refractivity (Wildman–Crippen MR) is 69.7 cm³/mol. The molecule has 98 valence electrons. The Morgan fingerprint density at radius 3 is 2.28 bits per heavy atom. The molecule has 1 unspecified atom stereocenters.